The summed E-state index contributed by atoms with van der Waals surface area (Å²) in [6, 6.07) is 9.49. The largest absolute Gasteiger partial charge is 0.313 e. The van der Waals surface area contributed by atoms with Gasteiger partial charge in [0.2, 0.25) is 0 Å². The van der Waals surface area contributed by atoms with Gasteiger partial charge in [-0.3, -0.25) is 0 Å². The van der Waals surface area contributed by atoms with E-state index < -0.39 is 0 Å². The number of rotatable bonds is 7. The first-order valence-electron chi connectivity index (χ1n) is 7.12. The Hall–Kier alpha value is -0.860. The lowest BCUT2D eigenvalue weighted by Gasteiger charge is -2.19. The summed E-state index contributed by atoms with van der Waals surface area (Å²) in [6.45, 7) is 7.73. The number of hydrogen-bond acceptors (Lipinski definition) is 2. The van der Waals surface area contributed by atoms with Crippen LogP contribution >= 0.6 is 0 Å². The number of benzene rings is 1. The number of hydrogen-bond donors (Lipinski definition) is 1. The van der Waals surface area contributed by atoms with Gasteiger partial charge < -0.3 is 10.2 Å². The van der Waals surface area contributed by atoms with Crippen LogP contribution in [-0.4, -0.2) is 31.1 Å². The predicted molar refractivity (Wildman–Crippen MR) is 77.7 cm³/mol. The molecule has 2 nitrogen and oxygen atoms in total. The van der Waals surface area contributed by atoms with Crippen molar-refractivity contribution in [3.63, 3.8) is 0 Å². The molecule has 0 spiro atoms. The molecule has 0 bridgehead atoms. The molecule has 1 atom stereocenters. The molecule has 2 heteroatoms. The lowest BCUT2D eigenvalue weighted by atomic mass is 10.1. The molecule has 0 radical (unpaired) electrons. The first kappa shape index (κ1) is 13.6. The summed E-state index contributed by atoms with van der Waals surface area (Å²) >= 11 is 0. The summed E-state index contributed by atoms with van der Waals surface area (Å²) in [6.07, 6.45) is 2.85. The first-order chi connectivity index (χ1) is 8.65. The molecule has 1 N–H and O–H groups in total. The van der Waals surface area contributed by atoms with Gasteiger partial charge in [-0.2, -0.15) is 0 Å². The predicted octanol–water partition coefficient (Wildman–Crippen LogP) is 2.81. The molecule has 0 heterocycles. The molecule has 100 valence electrons. The molecule has 18 heavy (non-hydrogen) atoms. The van der Waals surface area contributed by atoms with E-state index in [0.717, 1.165) is 25.6 Å². The molecule has 1 aliphatic rings. The van der Waals surface area contributed by atoms with Crippen LogP contribution < -0.4 is 5.32 Å². The van der Waals surface area contributed by atoms with Crippen LogP contribution in [0.4, 0.5) is 0 Å². The molecular formula is C16H26N2. The Balaban J connectivity index is 1.66. The molecule has 1 aliphatic carbocycles. The summed E-state index contributed by atoms with van der Waals surface area (Å²) in [5.74, 6) is 0.951. The van der Waals surface area contributed by atoms with Crippen molar-refractivity contribution >= 4 is 0 Å². The Morgan fingerprint density at radius 1 is 1.39 bits per heavy atom. The lowest BCUT2D eigenvalue weighted by molar-refractivity contribution is 0.315. The summed E-state index contributed by atoms with van der Waals surface area (Å²) in [5, 5.41) is 3.63. The summed E-state index contributed by atoms with van der Waals surface area (Å²) in [4.78, 5) is 2.39. The van der Waals surface area contributed by atoms with Crippen molar-refractivity contribution in [2.45, 2.75) is 39.3 Å². The van der Waals surface area contributed by atoms with Gasteiger partial charge in [-0.15, -0.1) is 0 Å². The van der Waals surface area contributed by atoms with E-state index in [2.05, 4.69) is 55.4 Å². The van der Waals surface area contributed by atoms with Crippen LogP contribution in [-0.2, 0) is 6.54 Å². The minimum Gasteiger partial charge on any atom is -0.313 e. The fraction of sp³-hybridized carbons (Fsp3) is 0.625. The minimum atomic E-state index is 0.706. The molecule has 0 amide bonds. The first-order valence-corrected chi connectivity index (χ1v) is 7.12. The molecule has 2 rings (SSSR count). The SMILES string of the molecule is Cc1cccc(CN(C)CCNC(C)C2CC2)c1. The van der Waals surface area contributed by atoms with Crippen LogP contribution in [0.3, 0.4) is 0 Å². The van der Waals surface area contributed by atoms with Crippen molar-refractivity contribution in [3.05, 3.63) is 35.4 Å². The van der Waals surface area contributed by atoms with Gasteiger partial charge in [-0.1, -0.05) is 29.8 Å². The Morgan fingerprint density at radius 2 is 2.17 bits per heavy atom. The normalized spacial score (nSPS) is 17.1. The summed E-state index contributed by atoms with van der Waals surface area (Å²) in [7, 11) is 2.20. The van der Waals surface area contributed by atoms with Crippen LogP contribution in [0.1, 0.15) is 30.9 Å². The van der Waals surface area contributed by atoms with E-state index in [0.29, 0.717) is 6.04 Å². The lowest BCUT2D eigenvalue weighted by Crippen LogP contribution is -2.35. The highest BCUT2D eigenvalue weighted by molar-refractivity contribution is 5.21. The number of nitrogens with one attached hydrogen (secondary N) is 1. The average Bonchev–Trinajstić information content (AvgIpc) is 3.12. The Bertz CT molecular complexity index is 371. The highest BCUT2D eigenvalue weighted by atomic mass is 15.1. The highest BCUT2D eigenvalue weighted by Crippen LogP contribution is 2.32. The third-order valence-electron chi connectivity index (χ3n) is 3.82. The van der Waals surface area contributed by atoms with Gasteiger partial charge in [0.05, 0.1) is 0 Å². The van der Waals surface area contributed by atoms with Crippen LogP contribution in [0, 0.1) is 12.8 Å². The third kappa shape index (κ3) is 4.43. The Kier molecular flexibility index (Phi) is 4.79. The molecule has 1 saturated carbocycles. The third-order valence-corrected chi connectivity index (χ3v) is 3.82. The van der Waals surface area contributed by atoms with Crippen molar-refractivity contribution in [2.24, 2.45) is 5.92 Å². The van der Waals surface area contributed by atoms with Gasteiger partial charge in [-0.25, -0.2) is 0 Å². The molecule has 0 aliphatic heterocycles. The van der Waals surface area contributed by atoms with Gasteiger partial charge >= 0.3 is 0 Å². The number of aryl methyl sites for hydroxylation is 1. The van der Waals surface area contributed by atoms with Gasteiger partial charge in [0.25, 0.3) is 0 Å². The molecule has 1 aromatic carbocycles. The minimum absolute atomic E-state index is 0.706. The van der Waals surface area contributed by atoms with Crippen LogP contribution in [0.15, 0.2) is 24.3 Å². The zero-order valence-corrected chi connectivity index (χ0v) is 11.9. The van der Waals surface area contributed by atoms with Gasteiger partial charge in [0, 0.05) is 25.7 Å². The smallest absolute Gasteiger partial charge is 0.0231 e. The monoisotopic (exact) mass is 246 g/mol. The Morgan fingerprint density at radius 3 is 2.83 bits per heavy atom. The summed E-state index contributed by atoms with van der Waals surface area (Å²) < 4.78 is 0. The quantitative estimate of drug-likeness (QED) is 0.796. The average molecular weight is 246 g/mol. The van der Waals surface area contributed by atoms with Crippen molar-refractivity contribution in [3.8, 4) is 0 Å². The highest BCUT2D eigenvalue weighted by Gasteiger charge is 2.27. The molecule has 1 unspecified atom stereocenters. The van der Waals surface area contributed by atoms with Crippen molar-refractivity contribution in [1.29, 1.82) is 0 Å². The maximum atomic E-state index is 3.63. The van der Waals surface area contributed by atoms with Gasteiger partial charge in [-0.05, 0) is 45.2 Å². The second-order valence-electron chi connectivity index (χ2n) is 5.81. The molecule has 0 saturated heterocycles. The molecular weight excluding hydrogens is 220 g/mol. The van der Waals surface area contributed by atoms with E-state index in [1.165, 1.54) is 24.0 Å². The molecule has 1 fully saturated rings. The molecule has 0 aromatic heterocycles. The maximum Gasteiger partial charge on any atom is 0.0231 e. The maximum absolute atomic E-state index is 3.63. The van der Waals surface area contributed by atoms with Gasteiger partial charge in [0.15, 0.2) is 0 Å². The summed E-state index contributed by atoms with van der Waals surface area (Å²) in [5.41, 5.74) is 2.76. The van der Waals surface area contributed by atoms with E-state index >= 15 is 0 Å². The van der Waals surface area contributed by atoms with Crippen molar-refractivity contribution < 1.29 is 0 Å². The number of nitrogens with zero attached hydrogens (tertiary/aromatic N) is 1. The van der Waals surface area contributed by atoms with E-state index in [-0.39, 0.29) is 0 Å². The standard InChI is InChI=1S/C16H26N2/c1-13-5-4-6-15(11-13)12-18(3)10-9-17-14(2)16-7-8-16/h4-6,11,14,16-17H,7-10,12H2,1-3H3. The fourth-order valence-corrected chi connectivity index (χ4v) is 2.45. The second-order valence-corrected chi connectivity index (χ2v) is 5.81. The van der Waals surface area contributed by atoms with E-state index in [1.807, 2.05) is 0 Å². The van der Waals surface area contributed by atoms with Gasteiger partial charge in [0.1, 0.15) is 0 Å². The zero-order chi connectivity index (χ0) is 13.0. The van der Waals surface area contributed by atoms with Crippen LogP contribution in [0.5, 0.6) is 0 Å². The zero-order valence-electron chi connectivity index (χ0n) is 11.9. The molecule has 1 aromatic rings. The van der Waals surface area contributed by atoms with E-state index in [9.17, 15) is 0 Å². The number of likely N-dealkylation sites (N-methyl/N-ethyl adjacent to an activating group) is 1. The topological polar surface area (TPSA) is 15.3 Å². The van der Waals surface area contributed by atoms with Crippen molar-refractivity contribution in [2.75, 3.05) is 20.1 Å². The van der Waals surface area contributed by atoms with Crippen molar-refractivity contribution in [1.82, 2.24) is 10.2 Å². The van der Waals surface area contributed by atoms with E-state index in [1.54, 1.807) is 0 Å². The van der Waals surface area contributed by atoms with E-state index in [4.69, 9.17) is 0 Å². The Labute approximate surface area is 111 Å². The van der Waals surface area contributed by atoms with Crippen LogP contribution in [0.2, 0.25) is 0 Å². The van der Waals surface area contributed by atoms with Crippen LogP contribution in [0.25, 0.3) is 0 Å². The second kappa shape index (κ2) is 6.35. The fourth-order valence-electron chi connectivity index (χ4n) is 2.45.